The molecule has 0 atom stereocenters. The van der Waals surface area contributed by atoms with Crippen LogP contribution in [0.1, 0.15) is 5.82 Å². The number of rotatable bonds is 3. The molecule has 0 saturated carbocycles. The number of hydrogen-bond acceptors (Lipinski definition) is 3. The predicted molar refractivity (Wildman–Crippen MR) is 59.8 cm³/mol. The number of allylic oxidation sites excluding steroid dienone is 1. The van der Waals surface area contributed by atoms with Gasteiger partial charge in [0, 0.05) is 27.4 Å². The van der Waals surface area contributed by atoms with Gasteiger partial charge in [-0.15, -0.1) is 0 Å². The van der Waals surface area contributed by atoms with Crippen molar-refractivity contribution in [2.75, 3.05) is 0 Å². The maximum absolute atomic E-state index is 11.0. The summed E-state index contributed by atoms with van der Waals surface area (Å²) in [4.78, 5) is 3.78. The van der Waals surface area contributed by atoms with Gasteiger partial charge in [-0.25, -0.2) is 13.4 Å². The van der Waals surface area contributed by atoms with Crippen molar-refractivity contribution in [2.45, 2.75) is 18.5 Å². The van der Waals surface area contributed by atoms with Gasteiger partial charge in [0.25, 0.3) is 9.05 Å². The molecule has 1 aromatic heterocycles. The molecule has 0 radical (unpaired) electrons. The lowest BCUT2D eigenvalue weighted by Gasteiger charge is -2.01. The first kappa shape index (κ1) is 12.8. The van der Waals surface area contributed by atoms with Crippen molar-refractivity contribution < 1.29 is 8.42 Å². The molecule has 4 nitrogen and oxygen atoms in total. The molecule has 0 aliphatic rings. The van der Waals surface area contributed by atoms with Crippen molar-refractivity contribution in [1.29, 1.82) is 0 Å². The Morgan fingerprint density at radius 1 is 1.67 bits per heavy atom. The molecule has 0 N–H and O–H groups in total. The SMILES string of the molecule is Cc1nc(S(=O)(=O)Cl)cn1C/C(Cl)=C/Cl. The van der Waals surface area contributed by atoms with Crippen molar-refractivity contribution in [3.05, 3.63) is 22.6 Å². The second kappa shape index (κ2) is 4.74. The van der Waals surface area contributed by atoms with Crippen LogP contribution in [0.15, 0.2) is 21.8 Å². The van der Waals surface area contributed by atoms with Crippen LogP contribution in [-0.2, 0) is 15.6 Å². The summed E-state index contributed by atoms with van der Waals surface area (Å²) in [5.74, 6) is 0.492. The minimum absolute atomic E-state index is 0.194. The second-order valence-electron chi connectivity index (χ2n) is 2.75. The average Bonchev–Trinajstić information content (AvgIpc) is 2.47. The third kappa shape index (κ3) is 3.38. The summed E-state index contributed by atoms with van der Waals surface area (Å²) in [6.45, 7) is 1.90. The van der Waals surface area contributed by atoms with E-state index in [1.54, 1.807) is 6.92 Å². The average molecular weight is 290 g/mol. The van der Waals surface area contributed by atoms with Crippen LogP contribution in [0.4, 0.5) is 0 Å². The minimum Gasteiger partial charge on any atom is -0.328 e. The molecule has 0 bridgehead atoms. The number of nitrogens with zero attached hydrogens (tertiary/aromatic N) is 2. The fourth-order valence-corrected chi connectivity index (χ4v) is 1.87. The standard InChI is InChI=1S/C7H7Cl3N2O2S/c1-5-11-7(15(10,13)14)4-12(5)3-6(9)2-8/h2,4H,3H2,1H3/b6-2-. The maximum atomic E-state index is 11.0. The Kier molecular flexibility index (Phi) is 4.06. The van der Waals surface area contributed by atoms with Gasteiger partial charge in [-0.3, -0.25) is 0 Å². The van der Waals surface area contributed by atoms with Crippen LogP contribution in [-0.4, -0.2) is 18.0 Å². The molecule has 15 heavy (non-hydrogen) atoms. The molecule has 0 fully saturated rings. The van der Waals surface area contributed by atoms with Crippen molar-refractivity contribution in [2.24, 2.45) is 0 Å². The van der Waals surface area contributed by atoms with Crippen LogP contribution in [0, 0.1) is 6.92 Å². The molecule has 1 aromatic rings. The third-order valence-electron chi connectivity index (χ3n) is 1.64. The van der Waals surface area contributed by atoms with Gasteiger partial charge in [0.05, 0.1) is 6.54 Å². The molecule has 0 unspecified atom stereocenters. The number of hydrogen-bond donors (Lipinski definition) is 0. The molecule has 0 aliphatic heterocycles. The molecular weight excluding hydrogens is 283 g/mol. The summed E-state index contributed by atoms with van der Waals surface area (Å²) in [6, 6.07) is 0. The lowest BCUT2D eigenvalue weighted by atomic mass is 10.5. The molecule has 0 amide bonds. The lowest BCUT2D eigenvalue weighted by Crippen LogP contribution is -1.98. The number of aromatic nitrogens is 2. The van der Waals surface area contributed by atoms with Crippen LogP contribution in [0.3, 0.4) is 0 Å². The molecule has 84 valence electrons. The predicted octanol–water partition coefficient (Wildman–Crippen LogP) is 2.44. The fraction of sp³-hybridized carbons (Fsp3) is 0.286. The van der Waals surface area contributed by atoms with E-state index in [2.05, 4.69) is 4.98 Å². The van der Waals surface area contributed by atoms with Crippen LogP contribution in [0.5, 0.6) is 0 Å². The maximum Gasteiger partial charge on any atom is 0.280 e. The topological polar surface area (TPSA) is 52.0 Å². The Balaban J connectivity index is 3.08. The highest BCUT2D eigenvalue weighted by Gasteiger charge is 2.16. The summed E-state index contributed by atoms with van der Waals surface area (Å²) in [7, 11) is 1.33. The summed E-state index contributed by atoms with van der Waals surface area (Å²) < 4.78 is 23.5. The highest BCUT2D eigenvalue weighted by Crippen LogP contribution is 2.16. The second-order valence-corrected chi connectivity index (χ2v) is 5.96. The van der Waals surface area contributed by atoms with Gasteiger partial charge in [-0.2, -0.15) is 0 Å². The number of imidazole rings is 1. The van der Waals surface area contributed by atoms with Crippen molar-refractivity contribution in [3.8, 4) is 0 Å². The first-order chi connectivity index (χ1) is 6.84. The molecular formula is C7H7Cl3N2O2S. The van der Waals surface area contributed by atoms with Crippen molar-refractivity contribution >= 4 is 42.9 Å². The lowest BCUT2D eigenvalue weighted by molar-refractivity contribution is 0.606. The van der Waals surface area contributed by atoms with Gasteiger partial charge < -0.3 is 4.57 Å². The molecule has 0 spiro atoms. The van der Waals surface area contributed by atoms with Gasteiger partial charge in [0.1, 0.15) is 5.82 Å². The number of aryl methyl sites for hydroxylation is 1. The Morgan fingerprint density at radius 2 is 2.27 bits per heavy atom. The molecule has 0 aromatic carbocycles. The van der Waals surface area contributed by atoms with Gasteiger partial charge >= 0.3 is 0 Å². The summed E-state index contributed by atoms with van der Waals surface area (Å²) in [5, 5.41) is 0.177. The Labute approximate surface area is 102 Å². The van der Waals surface area contributed by atoms with E-state index in [1.165, 1.54) is 16.3 Å². The summed E-state index contributed by atoms with van der Waals surface area (Å²) in [6.07, 6.45) is 1.31. The van der Waals surface area contributed by atoms with Crippen LogP contribution in [0.25, 0.3) is 0 Å². The van der Waals surface area contributed by atoms with E-state index in [-0.39, 0.29) is 11.6 Å². The quantitative estimate of drug-likeness (QED) is 0.803. The van der Waals surface area contributed by atoms with E-state index in [1.807, 2.05) is 0 Å². The van der Waals surface area contributed by atoms with E-state index in [9.17, 15) is 8.42 Å². The molecule has 0 saturated heterocycles. The normalized spacial score (nSPS) is 13.2. The largest absolute Gasteiger partial charge is 0.328 e. The minimum atomic E-state index is -3.80. The Bertz CT molecular complexity index is 492. The van der Waals surface area contributed by atoms with E-state index >= 15 is 0 Å². The highest BCUT2D eigenvalue weighted by atomic mass is 35.7. The van der Waals surface area contributed by atoms with E-state index < -0.39 is 9.05 Å². The van der Waals surface area contributed by atoms with E-state index in [0.717, 1.165) is 0 Å². The molecule has 0 aliphatic carbocycles. The highest BCUT2D eigenvalue weighted by molar-refractivity contribution is 8.13. The Morgan fingerprint density at radius 3 is 2.67 bits per heavy atom. The molecule has 1 rings (SSSR count). The zero-order chi connectivity index (χ0) is 11.6. The van der Waals surface area contributed by atoms with Gasteiger partial charge in [-0.1, -0.05) is 23.2 Å². The monoisotopic (exact) mass is 288 g/mol. The van der Waals surface area contributed by atoms with E-state index in [0.29, 0.717) is 10.9 Å². The Hall–Kier alpha value is -0.230. The first-order valence-electron chi connectivity index (χ1n) is 3.78. The van der Waals surface area contributed by atoms with E-state index in [4.69, 9.17) is 33.9 Å². The van der Waals surface area contributed by atoms with Crippen LogP contribution < -0.4 is 0 Å². The molecule has 1 heterocycles. The van der Waals surface area contributed by atoms with Gasteiger partial charge in [0.2, 0.25) is 0 Å². The summed E-state index contributed by atoms with van der Waals surface area (Å²) in [5.41, 5.74) is 1.20. The van der Waals surface area contributed by atoms with Gasteiger partial charge in [-0.05, 0) is 6.92 Å². The van der Waals surface area contributed by atoms with Crippen molar-refractivity contribution in [1.82, 2.24) is 9.55 Å². The van der Waals surface area contributed by atoms with Crippen LogP contribution >= 0.6 is 33.9 Å². The number of halogens is 3. The third-order valence-corrected chi connectivity index (χ3v) is 3.42. The zero-order valence-corrected chi connectivity index (χ0v) is 10.7. The van der Waals surface area contributed by atoms with Gasteiger partial charge in [0.15, 0.2) is 5.03 Å². The first-order valence-corrected chi connectivity index (χ1v) is 6.90. The fourth-order valence-electron chi connectivity index (χ4n) is 0.954. The summed E-state index contributed by atoms with van der Waals surface area (Å²) >= 11 is 11.1. The zero-order valence-electron chi connectivity index (χ0n) is 7.61. The molecule has 8 heteroatoms. The van der Waals surface area contributed by atoms with Crippen molar-refractivity contribution in [3.63, 3.8) is 0 Å². The smallest absolute Gasteiger partial charge is 0.280 e. The van der Waals surface area contributed by atoms with Crippen LogP contribution in [0.2, 0.25) is 0 Å².